The minimum atomic E-state index is -0.125. The number of thioether (sulfide) groups is 1. The van der Waals surface area contributed by atoms with E-state index in [4.69, 9.17) is 0 Å². The van der Waals surface area contributed by atoms with Crippen molar-refractivity contribution in [2.75, 3.05) is 5.75 Å². The molecule has 0 atom stereocenters. The summed E-state index contributed by atoms with van der Waals surface area (Å²) in [5, 5.41) is 12.5. The Morgan fingerprint density at radius 1 is 1.12 bits per heavy atom. The summed E-state index contributed by atoms with van der Waals surface area (Å²) in [6.45, 7) is 5.73. The second kappa shape index (κ2) is 8.18. The Labute approximate surface area is 195 Å². The van der Waals surface area contributed by atoms with Crippen LogP contribution in [-0.4, -0.2) is 45.7 Å². The first-order valence-corrected chi connectivity index (χ1v) is 11.8. The molecule has 1 aromatic carbocycles. The van der Waals surface area contributed by atoms with Gasteiger partial charge in [0.2, 0.25) is 5.16 Å². The van der Waals surface area contributed by atoms with Crippen molar-refractivity contribution in [1.29, 1.82) is 0 Å². The summed E-state index contributed by atoms with van der Waals surface area (Å²) in [5.41, 5.74) is 4.26. The average Bonchev–Trinajstić information content (AvgIpc) is 3.42. The third kappa shape index (κ3) is 3.64. The molecule has 0 radical (unpaired) electrons. The van der Waals surface area contributed by atoms with Crippen LogP contribution in [0.1, 0.15) is 46.3 Å². The van der Waals surface area contributed by atoms with E-state index in [0.29, 0.717) is 22.4 Å². The van der Waals surface area contributed by atoms with Gasteiger partial charge in [-0.25, -0.2) is 9.36 Å². The topological polar surface area (TPSA) is 92.5 Å². The molecule has 9 nitrogen and oxygen atoms in total. The van der Waals surface area contributed by atoms with Crippen molar-refractivity contribution in [3.8, 4) is 11.4 Å². The second-order valence-corrected chi connectivity index (χ2v) is 9.32. The molecule has 0 saturated heterocycles. The van der Waals surface area contributed by atoms with E-state index in [1.165, 1.54) is 11.8 Å². The summed E-state index contributed by atoms with van der Waals surface area (Å²) in [5.74, 6) is 0.223. The number of carbonyl (C=O) groups excluding carboxylic acids is 1. The van der Waals surface area contributed by atoms with Crippen molar-refractivity contribution in [2.24, 2.45) is 7.05 Å². The van der Waals surface area contributed by atoms with E-state index < -0.39 is 0 Å². The number of aryl methyl sites for hydroxylation is 1. The van der Waals surface area contributed by atoms with Crippen molar-refractivity contribution in [1.82, 2.24) is 34.1 Å². The molecule has 33 heavy (non-hydrogen) atoms. The molecule has 0 aliphatic heterocycles. The molecule has 1 aliphatic rings. The number of hydrogen-bond acceptors (Lipinski definition) is 6. The summed E-state index contributed by atoms with van der Waals surface area (Å²) >= 11 is 1.35. The van der Waals surface area contributed by atoms with E-state index in [2.05, 4.69) is 15.5 Å². The lowest BCUT2D eigenvalue weighted by molar-refractivity contribution is 0.102. The zero-order valence-electron chi connectivity index (χ0n) is 19.0. The Morgan fingerprint density at radius 2 is 1.85 bits per heavy atom. The fourth-order valence-corrected chi connectivity index (χ4v) is 5.07. The number of para-hydroxylation sites is 1. The van der Waals surface area contributed by atoms with Crippen LogP contribution in [-0.2, 0) is 7.05 Å². The van der Waals surface area contributed by atoms with Crippen LogP contribution in [0.25, 0.3) is 11.4 Å². The highest BCUT2D eigenvalue weighted by molar-refractivity contribution is 7.99. The van der Waals surface area contributed by atoms with E-state index in [0.717, 1.165) is 35.6 Å². The van der Waals surface area contributed by atoms with Crippen LogP contribution in [0.15, 0.2) is 46.3 Å². The smallest absolute Gasteiger partial charge is 0.295 e. The Kier molecular flexibility index (Phi) is 5.32. The van der Waals surface area contributed by atoms with Crippen molar-refractivity contribution in [2.45, 2.75) is 44.8 Å². The third-order valence-electron chi connectivity index (χ3n) is 6.17. The molecule has 4 aromatic rings. The lowest BCUT2D eigenvalue weighted by Gasteiger charge is -2.08. The first kappa shape index (κ1) is 21.4. The average molecular weight is 464 g/mol. The maximum absolute atomic E-state index is 13.5. The largest absolute Gasteiger partial charge is 0.311 e. The fourth-order valence-electron chi connectivity index (χ4n) is 4.24. The number of rotatable bonds is 7. The predicted molar refractivity (Wildman–Crippen MR) is 126 cm³/mol. The van der Waals surface area contributed by atoms with Crippen molar-refractivity contribution >= 4 is 17.5 Å². The van der Waals surface area contributed by atoms with Crippen molar-refractivity contribution in [3.05, 3.63) is 69.4 Å². The first-order valence-electron chi connectivity index (χ1n) is 10.9. The van der Waals surface area contributed by atoms with Gasteiger partial charge in [0.1, 0.15) is 5.69 Å². The molecule has 0 N–H and O–H groups in total. The molecule has 3 aromatic heterocycles. The molecule has 3 heterocycles. The van der Waals surface area contributed by atoms with E-state index in [9.17, 15) is 9.59 Å². The summed E-state index contributed by atoms with van der Waals surface area (Å²) in [4.78, 5) is 26.6. The predicted octanol–water partition coefficient (Wildman–Crippen LogP) is 3.19. The molecule has 0 amide bonds. The van der Waals surface area contributed by atoms with Crippen LogP contribution in [0.2, 0.25) is 0 Å². The summed E-state index contributed by atoms with van der Waals surface area (Å²) < 4.78 is 7.20. The zero-order chi connectivity index (χ0) is 23.3. The van der Waals surface area contributed by atoms with Gasteiger partial charge >= 0.3 is 0 Å². The molecule has 10 heteroatoms. The molecule has 0 bridgehead atoms. The number of carbonyl (C=O) groups is 1. The van der Waals surface area contributed by atoms with Crippen LogP contribution in [0.3, 0.4) is 0 Å². The first-order chi connectivity index (χ1) is 15.9. The van der Waals surface area contributed by atoms with Gasteiger partial charge in [-0.2, -0.15) is 0 Å². The number of benzene rings is 1. The number of nitrogens with zero attached hydrogens (tertiary/aromatic N) is 7. The SMILES string of the molecule is Cc1cc(C(=O)CSc2nnnn2C2CC2)c(C)n1-c1c(C)n(C)n(-c2ccccc2)c1=O. The van der Waals surface area contributed by atoms with Crippen molar-refractivity contribution in [3.63, 3.8) is 0 Å². The quantitative estimate of drug-likeness (QED) is 0.309. The monoisotopic (exact) mass is 463 g/mol. The lowest BCUT2D eigenvalue weighted by Crippen LogP contribution is -2.22. The number of tetrazole rings is 1. The summed E-state index contributed by atoms with van der Waals surface area (Å²) in [7, 11) is 1.87. The van der Waals surface area contributed by atoms with Crippen LogP contribution >= 0.6 is 11.8 Å². The van der Waals surface area contributed by atoms with Gasteiger partial charge < -0.3 is 4.57 Å². The Bertz CT molecular complexity index is 1410. The van der Waals surface area contributed by atoms with E-state index in [1.807, 2.05) is 73.5 Å². The van der Waals surface area contributed by atoms with Gasteiger partial charge in [-0.1, -0.05) is 30.0 Å². The molecule has 1 saturated carbocycles. The van der Waals surface area contributed by atoms with Gasteiger partial charge in [0.05, 0.1) is 23.2 Å². The molecule has 1 aliphatic carbocycles. The highest BCUT2D eigenvalue weighted by atomic mass is 32.2. The second-order valence-electron chi connectivity index (χ2n) is 8.38. The van der Waals surface area contributed by atoms with Crippen LogP contribution in [0.5, 0.6) is 0 Å². The number of hydrogen-bond donors (Lipinski definition) is 0. The van der Waals surface area contributed by atoms with Crippen molar-refractivity contribution < 1.29 is 4.79 Å². The molecular formula is C23H25N7O2S. The Morgan fingerprint density at radius 3 is 2.55 bits per heavy atom. The van der Waals surface area contributed by atoms with Crippen LogP contribution in [0, 0.1) is 20.8 Å². The van der Waals surface area contributed by atoms with Gasteiger partial charge in [0, 0.05) is 24.0 Å². The maximum atomic E-state index is 13.5. The molecular weight excluding hydrogens is 438 g/mol. The standard InChI is InChI=1S/C23H25N7O2S/c1-14-12-19(20(31)13-33-23-24-25-26-29(23)17-10-11-17)15(2)28(14)21-16(3)27(4)30(22(21)32)18-8-6-5-7-9-18/h5-9,12,17H,10-11,13H2,1-4H3. The van der Waals surface area contributed by atoms with Gasteiger partial charge in [0.15, 0.2) is 5.78 Å². The van der Waals surface area contributed by atoms with E-state index >= 15 is 0 Å². The van der Waals surface area contributed by atoms with Gasteiger partial charge in [0.25, 0.3) is 5.56 Å². The normalized spacial score (nSPS) is 13.6. The summed E-state index contributed by atoms with van der Waals surface area (Å²) in [6.07, 6.45) is 2.15. The zero-order valence-corrected chi connectivity index (χ0v) is 19.8. The number of ketones is 1. The van der Waals surface area contributed by atoms with Crippen LogP contribution < -0.4 is 5.56 Å². The third-order valence-corrected chi connectivity index (χ3v) is 7.10. The highest BCUT2D eigenvalue weighted by Gasteiger charge is 2.29. The molecule has 170 valence electrons. The van der Waals surface area contributed by atoms with Gasteiger partial charge in [-0.05, 0) is 62.2 Å². The molecule has 0 spiro atoms. The van der Waals surface area contributed by atoms with E-state index in [-0.39, 0.29) is 17.1 Å². The fraction of sp³-hybridized carbons (Fsp3) is 0.348. The number of Topliss-reactive ketones (excluding diaryl/α,β-unsaturated/α-hetero) is 1. The molecule has 5 rings (SSSR count). The van der Waals surface area contributed by atoms with E-state index in [1.54, 1.807) is 9.36 Å². The minimum Gasteiger partial charge on any atom is -0.311 e. The summed E-state index contributed by atoms with van der Waals surface area (Å²) in [6, 6.07) is 11.8. The lowest BCUT2D eigenvalue weighted by atomic mass is 10.2. The molecule has 0 unspecified atom stereocenters. The Hall–Kier alpha value is -3.40. The minimum absolute atomic E-state index is 0.0123. The van der Waals surface area contributed by atoms with Gasteiger partial charge in [-0.15, -0.1) is 5.10 Å². The van der Waals surface area contributed by atoms with Gasteiger partial charge in [-0.3, -0.25) is 14.3 Å². The highest BCUT2D eigenvalue weighted by Crippen LogP contribution is 2.36. The van der Waals surface area contributed by atoms with Crippen LogP contribution in [0.4, 0.5) is 0 Å². The maximum Gasteiger partial charge on any atom is 0.295 e. The Balaban J connectivity index is 1.48. The number of aromatic nitrogens is 7. The molecule has 1 fully saturated rings.